The average Bonchev–Trinajstić information content (AvgIpc) is 3.37. The average molecular weight is 710 g/mol. The fourth-order valence-corrected chi connectivity index (χ4v) is 7.29. The highest BCUT2D eigenvalue weighted by atomic mass is 16.6. The molecule has 1 aromatic rings. The number of nitrogens with zero attached hydrogens (tertiary/aromatic N) is 1. The molecule has 0 saturated carbocycles. The molecule has 0 atom stereocenters. The van der Waals surface area contributed by atoms with E-state index in [2.05, 4.69) is 13.8 Å². The second-order valence-corrected chi connectivity index (χ2v) is 15.3. The first-order chi connectivity index (χ1) is 25.0. The van der Waals surface area contributed by atoms with Gasteiger partial charge in [-0.25, -0.2) is 4.79 Å². The Balaban J connectivity index is 1.50. The van der Waals surface area contributed by atoms with Gasteiger partial charge in [-0.05, 0) is 31.0 Å². The largest absolute Gasteiger partial charge is 0.389 e. The first-order valence-corrected chi connectivity index (χ1v) is 21.7. The summed E-state index contributed by atoms with van der Waals surface area (Å²) < 4.78 is 5.08. The van der Waals surface area contributed by atoms with Crippen molar-refractivity contribution >= 4 is 23.8 Å². The Bertz CT molecular complexity index is 1100. The van der Waals surface area contributed by atoms with Gasteiger partial charge in [0.15, 0.2) is 0 Å². The van der Waals surface area contributed by atoms with Crippen molar-refractivity contribution in [2.45, 2.75) is 219 Å². The molecule has 0 aromatic heterocycles. The van der Waals surface area contributed by atoms with E-state index in [4.69, 9.17) is 4.74 Å². The van der Waals surface area contributed by atoms with Gasteiger partial charge in [-0.2, -0.15) is 0 Å². The maximum absolute atomic E-state index is 13.0. The fourth-order valence-electron chi connectivity index (χ4n) is 7.29. The Morgan fingerprint density at radius 1 is 0.471 bits per heavy atom. The van der Waals surface area contributed by atoms with Crippen molar-refractivity contribution in [1.29, 1.82) is 0 Å². The second kappa shape index (κ2) is 30.0. The lowest BCUT2D eigenvalue weighted by Gasteiger charge is -2.13. The van der Waals surface area contributed by atoms with Crippen LogP contribution in [0.25, 0.3) is 0 Å². The van der Waals surface area contributed by atoms with Crippen molar-refractivity contribution in [1.82, 2.24) is 4.90 Å². The van der Waals surface area contributed by atoms with Crippen LogP contribution in [0.2, 0.25) is 0 Å². The maximum atomic E-state index is 13.0. The molecule has 1 heterocycles. The summed E-state index contributed by atoms with van der Waals surface area (Å²) in [6, 6.07) is 4.40. The highest BCUT2D eigenvalue weighted by Gasteiger charge is 2.35. The molecule has 6 nitrogen and oxygen atoms in total. The number of unbranched alkanes of at least 4 members (excludes halogenated alkanes) is 29. The normalized spacial score (nSPS) is 12.5. The summed E-state index contributed by atoms with van der Waals surface area (Å²) in [5.74, 6) is -1.97. The number of hydrogen-bond acceptors (Lipinski definition) is 5. The van der Waals surface area contributed by atoms with E-state index in [1.54, 1.807) is 0 Å². The Labute approximate surface area is 312 Å². The van der Waals surface area contributed by atoms with Gasteiger partial charge in [0.2, 0.25) is 0 Å². The number of hydrogen-bond donors (Lipinski definition) is 0. The van der Waals surface area contributed by atoms with E-state index < -0.39 is 11.9 Å². The lowest BCUT2D eigenvalue weighted by atomic mass is 10.0. The molecule has 51 heavy (non-hydrogen) atoms. The van der Waals surface area contributed by atoms with Crippen molar-refractivity contribution < 1.29 is 23.9 Å². The number of ether oxygens (including phenoxy) is 1. The Kier molecular flexibility index (Phi) is 26.3. The molecule has 0 N–H and O–H groups in total. The van der Waals surface area contributed by atoms with Crippen LogP contribution in [-0.4, -0.2) is 35.2 Å². The monoisotopic (exact) mass is 710 g/mol. The maximum Gasteiger partial charge on any atom is 0.345 e. The molecule has 6 heteroatoms. The molecule has 1 aromatic carbocycles. The Hall–Kier alpha value is -2.50. The van der Waals surface area contributed by atoms with E-state index in [1.807, 2.05) is 0 Å². The molecule has 0 aliphatic carbocycles. The first-order valence-electron chi connectivity index (χ1n) is 21.7. The number of benzene rings is 1. The van der Waals surface area contributed by atoms with E-state index in [0.29, 0.717) is 18.5 Å². The quantitative estimate of drug-likeness (QED) is 0.0308. The van der Waals surface area contributed by atoms with Crippen molar-refractivity contribution in [2.75, 3.05) is 6.54 Å². The molecule has 2 amide bonds. The highest BCUT2D eigenvalue weighted by molar-refractivity contribution is 6.22. The Morgan fingerprint density at radius 3 is 1.24 bits per heavy atom. The second-order valence-electron chi connectivity index (χ2n) is 15.3. The summed E-state index contributed by atoms with van der Waals surface area (Å²) >= 11 is 0. The molecule has 0 spiro atoms. The summed E-state index contributed by atoms with van der Waals surface area (Å²) in [6.07, 6.45) is 39.3. The molecule has 0 unspecified atom stereocenters. The lowest BCUT2D eigenvalue weighted by molar-refractivity contribution is -0.138. The van der Waals surface area contributed by atoms with Gasteiger partial charge in [0.25, 0.3) is 11.8 Å². The molecule has 2 rings (SSSR count). The van der Waals surface area contributed by atoms with Crippen LogP contribution in [0, 0.1) is 0 Å². The van der Waals surface area contributed by atoms with E-state index >= 15 is 0 Å². The van der Waals surface area contributed by atoms with Gasteiger partial charge in [-0.15, -0.1) is 0 Å². The molecule has 1 aliphatic heterocycles. The smallest absolute Gasteiger partial charge is 0.345 e. The van der Waals surface area contributed by atoms with E-state index in [9.17, 15) is 19.2 Å². The zero-order valence-electron chi connectivity index (χ0n) is 33.1. The number of amides is 2. The van der Waals surface area contributed by atoms with Crippen LogP contribution in [0.5, 0.6) is 0 Å². The van der Waals surface area contributed by atoms with Crippen LogP contribution >= 0.6 is 0 Å². The highest BCUT2D eigenvalue weighted by Crippen LogP contribution is 2.25. The van der Waals surface area contributed by atoms with Crippen LogP contribution in [0.1, 0.15) is 250 Å². The lowest BCUT2D eigenvalue weighted by Crippen LogP contribution is -2.30. The number of rotatable bonds is 34. The van der Waals surface area contributed by atoms with Gasteiger partial charge in [-0.3, -0.25) is 19.3 Å². The molecular formula is C45H75NO5. The number of fused-ring (bicyclic) bond motifs is 1. The first kappa shape index (κ1) is 44.7. The number of esters is 2. The summed E-state index contributed by atoms with van der Waals surface area (Å²) in [4.78, 5) is 52.2. The molecule has 0 saturated heterocycles. The third-order valence-electron chi connectivity index (χ3n) is 10.6. The standard InChI is InChI=1S/C45H75NO5/c1-3-5-7-9-11-13-15-17-19-21-23-25-27-29-31-33-37-46-43(48)40-36-35-39(38-41(40)44(46)49)45(50)51-42(47)34-32-30-28-26-24-22-20-18-16-14-12-10-8-6-4-2/h35-36,38H,3-34,37H2,1-2H3. The molecule has 290 valence electrons. The minimum Gasteiger partial charge on any atom is -0.389 e. The number of carbonyl (C=O) groups excluding carboxylic acids is 4. The van der Waals surface area contributed by atoms with Crippen molar-refractivity contribution in [3.63, 3.8) is 0 Å². The van der Waals surface area contributed by atoms with Gasteiger partial charge < -0.3 is 4.74 Å². The fraction of sp³-hybridized carbons (Fsp3) is 0.778. The minimum atomic E-state index is -0.764. The van der Waals surface area contributed by atoms with Gasteiger partial charge in [0.05, 0.1) is 16.7 Å². The molecule has 0 fully saturated rings. The summed E-state index contributed by atoms with van der Waals surface area (Å²) in [5, 5.41) is 0. The van der Waals surface area contributed by atoms with Gasteiger partial charge in [-0.1, -0.05) is 200 Å². The van der Waals surface area contributed by atoms with Crippen LogP contribution in [0.4, 0.5) is 0 Å². The zero-order valence-corrected chi connectivity index (χ0v) is 33.1. The summed E-state index contributed by atoms with van der Waals surface area (Å²) in [6.45, 7) is 4.92. The third-order valence-corrected chi connectivity index (χ3v) is 10.6. The summed E-state index contributed by atoms with van der Waals surface area (Å²) in [5.41, 5.74) is 0.668. The predicted octanol–water partition coefficient (Wildman–Crippen LogP) is 13.5. The van der Waals surface area contributed by atoms with E-state index in [0.717, 1.165) is 32.1 Å². The molecule has 0 radical (unpaired) electrons. The van der Waals surface area contributed by atoms with Crippen LogP contribution in [0.15, 0.2) is 18.2 Å². The van der Waals surface area contributed by atoms with Crippen LogP contribution < -0.4 is 0 Å². The Morgan fingerprint density at radius 2 is 0.824 bits per heavy atom. The van der Waals surface area contributed by atoms with Gasteiger partial charge in [0, 0.05) is 13.0 Å². The molecule has 1 aliphatic rings. The van der Waals surface area contributed by atoms with Crippen molar-refractivity contribution in [2.24, 2.45) is 0 Å². The number of carbonyl (C=O) groups is 4. The topological polar surface area (TPSA) is 80.8 Å². The van der Waals surface area contributed by atoms with Crippen LogP contribution in [0.3, 0.4) is 0 Å². The van der Waals surface area contributed by atoms with E-state index in [-0.39, 0.29) is 29.4 Å². The van der Waals surface area contributed by atoms with Crippen LogP contribution in [-0.2, 0) is 9.53 Å². The third kappa shape index (κ3) is 20.4. The number of imide groups is 1. The molecule has 0 bridgehead atoms. The van der Waals surface area contributed by atoms with Crippen molar-refractivity contribution in [3.8, 4) is 0 Å². The predicted molar refractivity (Wildman–Crippen MR) is 211 cm³/mol. The SMILES string of the molecule is CCCCCCCCCCCCCCCCCCN1C(=O)c2ccc(C(=O)OC(=O)CCCCCCCCCCCCCCCCC)cc2C1=O. The zero-order chi connectivity index (χ0) is 36.8. The van der Waals surface area contributed by atoms with Gasteiger partial charge >= 0.3 is 11.9 Å². The summed E-state index contributed by atoms with van der Waals surface area (Å²) in [7, 11) is 0. The van der Waals surface area contributed by atoms with E-state index in [1.165, 1.54) is 184 Å². The molecular weight excluding hydrogens is 634 g/mol. The van der Waals surface area contributed by atoms with Crippen molar-refractivity contribution in [3.05, 3.63) is 34.9 Å². The minimum absolute atomic E-state index is 0.129. The van der Waals surface area contributed by atoms with Gasteiger partial charge in [0.1, 0.15) is 0 Å².